The lowest BCUT2D eigenvalue weighted by Gasteiger charge is -2.06. The molecular weight excluding hydrogens is 278 g/mol. The Balaban J connectivity index is 2.00. The molecule has 0 aliphatic carbocycles. The lowest BCUT2D eigenvalue weighted by atomic mass is 10.2. The smallest absolute Gasteiger partial charge is 0.249 e. The van der Waals surface area contributed by atoms with Crippen LogP contribution in [0.4, 0.5) is 0 Å². The molecule has 0 bridgehead atoms. The summed E-state index contributed by atoms with van der Waals surface area (Å²) in [4.78, 5) is 11.5. The quantitative estimate of drug-likeness (QED) is 0.920. The van der Waals surface area contributed by atoms with E-state index in [0.717, 1.165) is 0 Å². The molecule has 106 valence electrons. The molecule has 5 nitrogen and oxygen atoms in total. The second kappa shape index (κ2) is 6.52. The zero-order valence-corrected chi connectivity index (χ0v) is 12.1. The molecule has 1 aromatic carbocycles. The van der Waals surface area contributed by atoms with E-state index in [9.17, 15) is 4.79 Å². The second-order valence-electron chi connectivity index (χ2n) is 4.70. The number of amides is 1. The molecule has 0 radical (unpaired) electrons. The van der Waals surface area contributed by atoms with Gasteiger partial charge in [0.25, 0.3) is 0 Å². The number of hydrogen-bond acceptors (Lipinski definition) is 4. The number of benzene rings is 1. The molecule has 2 rings (SSSR count). The molecule has 1 N–H and O–H groups in total. The Hall–Kier alpha value is -1.88. The molecule has 6 heteroatoms. The van der Waals surface area contributed by atoms with Gasteiger partial charge in [-0.15, -0.1) is 10.2 Å². The third kappa shape index (κ3) is 3.81. The molecule has 2 aromatic rings. The van der Waals surface area contributed by atoms with E-state index in [1.807, 2.05) is 32.0 Å². The molecule has 0 aliphatic heterocycles. The fourth-order valence-electron chi connectivity index (χ4n) is 1.71. The van der Waals surface area contributed by atoms with Crippen LogP contribution in [0.2, 0.25) is 5.02 Å². The fraction of sp³-hybridized carbons (Fsp3) is 0.357. The van der Waals surface area contributed by atoms with Crippen LogP contribution in [0.5, 0.6) is 0 Å². The van der Waals surface area contributed by atoms with Gasteiger partial charge in [-0.2, -0.15) is 0 Å². The van der Waals surface area contributed by atoms with Crippen LogP contribution in [0.25, 0.3) is 11.5 Å². The van der Waals surface area contributed by atoms with Crippen LogP contribution >= 0.6 is 11.6 Å². The maximum absolute atomic E-state index is 11.5. The first kappa shape index (κ1) is 14.5. The average Bonchev–Trinajstić information content (AvgIpc) is 2.85. The van der Waals surface area contributed by atoms with E-state index >= 15 is 0 Å². The van der Waals surface area contributed by atoms with Crippen molar-refractivity contribution in [3.8, 4) is 11.5 Å². The summed E-state index contributed by atoms with van der Waals surface area (Å²) in [6.45, 7) is 3.83. The van der Waals surface area contributed by atoms with E-state index in [4.69, 9.17) is 16.0 Å². The monoisotopic (exact) mass is 293 g/mol. The van der Waals surface area contributed by atoms with Crippen molar-refractivity contribution in [2.24, 2.45) is 0 Å². The highest BCUT2D eigenvalue weighted by Crippen LogP contribution is 2.26. The third-order valence-corrected chi connectivity index (χ3v) is 2.92. The lowest BCUT2D eigenvalue weighted by molar-refractivity contribution is -0.121. The van der Waals surface area contributed by atoms with Gasteiger partial charge in [-0.1, -0.05) is 23.7 Å². The summed E-state index contributed by atoms with van der Waals surface area (Å²) in [6, 6.07) is 7.38. The van der Waals surface area contributed by atoms with E-state index in [2.05, 4.69) is 15.5 Å². The number of halogens is 1. The molecule has 20 heavy (non-hydrogen) atoms. The van der Waals surface area contributed by atoms with Crippen molar-refractivity contribution in [2.45, 2.75) is 32.7 Å². The summed E-state index contributed by atoms with van der Waals surface area (Å²) < 4.78 is 5.52. The number of carbonyl (C=O) groups is 1. The normalized spacial score (nSPS) is 10.8. The molecule has 0 aliphatic rings. The van der Waals surface area contributed by atoms with Crippen molar-refractivity contribution in [3.63, 3.8) is 0 Å². The number of aromatic nitrogens is 2. The number of hydrogen-bond donors (Lipinski definition) is 1. The molecule has 0 spiro atoms. The molecular formula is C14H16ClN3O2. The zero-order valence-electron chi connectivity index (χ0n) is 11.4. The Morgan fingerprint density at radius 1 is 1.35 bits per heavy atom. The van der Waals surface area contributed by atoms with Crippen LogP contribution in [0, 0.1) is 0 Å². The van der Waals surface area contributed by atoms with Crippen molar-refractivity contribution in [2.75, 3.05) is 0 Å². The fourth-order valence-corrected chi connectivity index (χ4v) is 1.93. The maximum atomic E-state index is 11.5. The Morgan fingerprint density at radius 3 is 2.80 bits per heavy atom. The Morgan fingerprint density at radius 2 is 2.10 bits per heavy atom. The van der Waals surface area contributed by atoms with Gasteiger partial charge in [0.1, 0.15) is 0 Å². The SMILES string of the molecule is CC(C)NC(=O)CCc1nnc(-c2ccccc2Cl)o1. The van der Waals surface area contributed by atoms with Gasteiger partial charge < -0.3 is 9.73 Å². The first-order valence-electron chi connectivity index (χ1n) is 6.43. The summed E-state index contributed by atoms with van der Waals surface area (Å²) in [7, 11) is 0. The molecule has 0 saturated carbocycles. The van der Waals surface area contributed by atoms with Gasteiger partial charge in [-0.25, -0.2) is 0 Å². The second-order valence-corrected chi connectivity index (χ2v) is 5.11. The Kier molecular flexibility index (Phi) is 4.74. The van der Waals surface area contributed by atoms with Crippen molar-refractivity contribution >= 4 is 17.5 Å². The first-order valence-corrected chi connectivity index (χ1v) is 6.80. The highest BCUT2D eigenvalue weighted by atomic mass is 35.5. The van der Waals surface area contributed by atoms with Gasteiger partial charge >= 0.3 is 0 Å². The molecule has 1 amide bonds. The number of nitrogens with one attached hydrogen (secondary N) is 1. The topological polar surface area (TPSA) is 68.0 Å². The molecule has 1 heterocycles. The number of aryl methyl sites for hydroxylation is 1. The predicted octanol–water partition coefficient (Wildman–Crippen LogP) is 2.85. The minimum absolute atomic E-state index is 0.0301. The molecule has 1 aromatic heterocycles. The molecule has 0 atom stereocenters. The summed E-state index contributed by atoms with van der Waals surface area (Å²) in [6.07, 6.45) is 0.734. The first-order chi connectivity index (χ1) is 9.56. The largest absolute Gasteiger partial charge is 0.421 e. The molecule has 0 saturated heterocycles. The van der Waals surface area contributed by atoms with Crippen LogP contribution in [0.15, 0.2) is 28.7 Å². The Labute approximate surface area is 122 Å². The molecule has 0 fully saturated rings. The third-order valence-electron chi connectivity index (χ3n) is 2.59. The van der Waals surface area contributed by atoms with E-state index in [0.29, 0.717) is 35.2 Å². The van der Waals surface area contributed by atoms with Crippen molar-refractivity contribution in [1.82, 2.24) is 15.5 Å². The van der Waals surface area contributed by atoms with E-state index < -0.39 is 0 Å². The van der Waals surface area contributed by atoms with Crippen molar-refractivity contribution in [3.05, 3.63) is 35.2 Å². The predicted molar refractivity (Wildman–Crippen MR) is 76.3 cm³/mol. The van der Waals surface area contributed by atoms with E-state index in [1.54, 1.807) is 6.07 Å². The van der Waals surface area contributed by atoms with Crippen molar-refractivity contribution in [1.29, 1.82) is 0 Å². The molecule has 0 unspecified atom stereocenters. The van der Waals surface area contributed by atoms with Crippen molar-refractivity contribution < 1.29 is 9.21 Å². The average molecular weight is 294 g/mol. The summed E-state index contributed by atoms with van der Waals surface area (Å²) in [5.41, 5.74) is 0.694. The summed E-state index contributed by atoms with van der Waals surface area (Å²) in [5, 5.41) is 11.2. The van der Waals surface area contributed by atoms with E-state index in [1.165, 1.54) is 0 Å². The number of rotatable bonds is 5. The van der Waals surface area contributed by atoms with Gasteiger partial charge in [0.2, 0.25) is 17.7 Å². The zero-order chi connectivity index (χ0) is 14.5. The van der Waals surface area contributed by atoms with Crippen LogP contribution in [0.1, 0.15) is 26.2 Å². The number of carbonyl (C=O) groups excluding carboxylic acids is 1. The highest BCUT2D eigenvalue weighted by molar-refractivity contribution is 6.33. The van der Waals surface area contributed by atoms with E-state index in [-0.39, 0.29) is 11.9 Å². The van der Waals surface area contributed by atoms with Crippen LogP contribution in [0.3, 0.4) is 0 Å². The van der Waals surface area contributed by atoms with Gasteiger partial charge in [0.15, 0.2) is 0 Å². The summed E-state index contributed by atoms with van der Waals surface area (Å²) in [5.74, 6) is 0.770. The van der Waals surface area contributed by atoms with Gasteiger partial charge in [-0.05, 0) is 26.0 Å². The van der Waals surface area contributed by atoms with Crippen LogP contribution < -0.4 is 5.32 Å². The van der Waals surface area contributed by atoms with Gasteiger partial charge in [0.05, 0.1) is 10.6 Å². The van der Waals surface area contributed by atoms with Crippen LogP contribution in [-0.4, -0.2) is 22.1 Å². The summed E-state index contributed by atoms with van der Waals surface area (Å²) >= 11 is 6.06. The highest BCUT2D eigenvalue weighted by Gasteiger charge is 2.12. The lowest BCUT2D eigenvalue weighted by Crippen LogP contribution is -2.30. The van der Waals surface area contributed by atoms with Gasteiger partial charge in [0, 0.05) is 18.9 Å². The maximum Gasteiger partial charge on any atom is 0.249 e. The van der Waals surface area contributed by atoms with Crippen LogP contribution in [-0.2, 0) is 11.2 Å². The number of nitrogens with zero attached hydrogens (tertiary/aromatic N) is 2. The van der Waals surface area contributed by atoms with Gasteiger partial charge in [-0.3, -0.25) is 4.79 Å². The minimum Gasteiger partial charge on any atom is -0.421 e. The minimum atomic E-state index is -0.0301. The standard InChI is InChI=1S/C14H16ClN3O2/c1-9(2)16-12(19)7-8-13-17-18-14(20-13)10-5-3-4-6-11(10)15/h3-6,9H,7-8H2,1-2H3,(H,16,19). The Bertz CT molecular complexity index is 596.